The lowest BCUT2D eigenvalue weighted by Crippen LogP contribution is -2.13. The Hall–Kier alpha value is -2.86. The number of hydrogen-bond acceptors (Lipinski definition) is 5. The van der Waals surface area contributed by atoms with E-state index in [4.69, 9.17) is 15.2 Å². The van der Waals surface area contributed by atoms with E-state index in [2.05, 4.69) is 15.2 Å². The van der Waals surface area contributed by atoms with Crippen LogP contribution in [0, 0.1) is 0 Å². The minimum Gasteiger partial charge on any atom is -0.493 e. The zero-order valence-electron chi connectivity index (χ0n) is 13.7. The van der Waals surface area contributed by atoms with Crippen molar-refractivity contribution < 1.29 is 9.47 Å². The maximum atomic E-state index is 6.25. The minimum atomic E-state index is -0.350. The molecule has 2 aromatic carbocycles. The smallest absolute Gasteiger partial charge is 0.181 e. The van der Waals surface area contributed by atoms with Gasteiger partial charge >= 0.3 is 0 Å². The summed E-state index contributed by atoms with van der Waals surface area (Å²) in [6.45, 7) is 2.48. The fraction of sp³-hybridized carbons (Fsp3) is 0.222. The molecular formula is C18H20N4O2. The van der Waals surface area contributed by atoms with Gasteiger partial charge in [-0.05, 0) is 30.7 Å². The number of methoxy groups -OCH3 is 1. The second kappa shape index (κ2) is 7.14. The first-order chi connectivity index (χ1) is 11.7. The van der Waals surface area contributed by atoms with E-state index in [1.165, 1.54) is 0 Å². The summed E-state index contributed by atoms with van der Waals surface area (Å²) >= 11 is 0. The van der Waals surface area contributed by atoms with Gasteiger partial charge in [0.2, 0.25) is 0 Å². The molecule has 0 bridgehead atoms. The van der Waals surface area contributed by atoms with Crippen LogP contribution in [-0.2, 0) is 0 Å². The van der Waals surface area contributed by atoms with Crippen LogP contribution in [0.5, 0.6) is 11.5 Å². The quantitative estimate of drug-likeness (QED) is 0.728. The number of ether oxygens (including phenoxy) is 2. The van der Waals surface area contributed by atoms with Gasteiger partial charge in [-0.1, -0.05) is 30.3 Å². The third kappa shape index (κ3) is 3.23. The number of H-pyrrole nitrogens is 1. The summed E-state index contributed by atoms with van der Waals surface area (Å²) < 4.78 is 10.9. The van der Waals surface area contributed by atoms with E-state index < -0.39 is 0 Å². The van der Waals surface area contributed by atoms with E-state index in [-0.39, 0.29) is 6.04 Å². The van der Waals surface area contributed by atoms with Gasteiger partial charge in [0.25, 0.3) is 0 Å². The Bertz CT molecular complexity index is 802. The predicted molar refractivity (Wildman–Crippen MR) is 92.0 cm³/mol. The number of rotatable bonds is 6. The van der Waals surface area contributed by atoms with Crippen molar-refractivity contribution in [1.82, 2.24) is 15.2 Å². The molecule has 6 nitrogen and oxygen atoms in total. The molecule has 1 atom stereocenters. The molecule has 0 radical (unpaired) electrons. The van der Waals surface area contributed by atoms with Gasteiger partial charge in [0, 0.05) is 5.56 Å². The molecule has 1 aromatic heterocycles. The molecule has 0 amide bonds. The van der Waals surface area contributed by atoms with Gasteiger partial charge in [0.1, 0.15) is 5.82 Å². The van der Waals surface area contributed by atoms with Crippen molar-refractivity contribution in [3.63, 3.8) is 0 Å². The van der Waals surface area contributed by atoms with Gasteiger partial charge in [-0.3, -0.25) is 5.10 Å². The Kier molecular flexibility index (Phi) is 4.77. The maximum Gasteiger partial charge on any atom is 0.181 e. The molecule has 3 aromatic rings. The Morgan fingerprint density at radius 3 is 2.62 bits per heavy atom. The zero-order valence-corrected chi connectivity index (χ0v) is 13.7. The summed E-state index contributed by atoms with van der Waals surface area (Å²) in [5, 5.41) is 7.20. The minimum absolute atomic E-state index is 0.350. The first-order valence-electron chi connectivity index (χ1n) is 7.77. The Morgan fingerprint density at radius 2 is 1.92 bits per heavy atom. The molecule has 124 valence electrons. The number of nitrogens with one attached hydrogen (secondary N) is 1. The Balaban J connectivity index is 1.89. The standard InChI is InChI=1S/C18H20N4O2/c1-3-24-15-11-13(9-10-14(15)23-2)17-20-18(22-21-17)16(19)12-7-5-4-6-8-12/h4-11,16H,3,19H2,1-2H3,(H,20,21,22)/t16-/m1/s1. The van der Waals surface area contributed by atoms with Crippen LogP contribution in [0.1, 0.15) is 24.4 Å². The molecule has 3 N–H and O–H groups in total. The van der Waals surface area contributed by atoms with Crippen molar-refractivity contribution in [2.75, 3.05) is 13.7 Å². The topological polar surface area (TPSA) is 86.0 Å². The average molecular weight is 324 g/mol. The van der Waals surface area contributed by atoms with Crippen molar-refractivity contribution in [1.29, 1.82) is 0 Å². The number of aromatic nitrogens is 3. The highest BCUT2D eigenvalue weighted by atomic mass is 16.5. The normalized spacial score (nSPS) is 12.0. The zero-order chi connectivity index (χ0) is 16.9. The molecule has 6 heteroatoms. The van der Waals surface area contributed by atoms with Crippen LogP contribution < -0.4 is 15.2 Å². The molecule has 0 unspecified atom stereocenters. The molecule has 0 aliphatic heterocycles. The van der Waals surface area contributed by atoms with Gasteiger partial charge < -0.3 is 15.2 Å². The van der Waals surface area contributed by atoms with Crippen LogP contribution in [0.3, 0.4) is 0 Å². The van der Waals surface area contributed by atoms with Crippen LogP contribution in [0.15, 0.2) is 48.5 Å². The molecule has 0 spiro atoms. The van der Waals surface area contributed by atoms with Crippen molar-refractivity contribution in [3.8, 4) is 22.9 Å². The monoisotopic (exact) mass is 324 g/mol. The van der Waals surface area contributed by atoms with Gasteiger partial charge in [0.05, 0.1) is 19.8 Å². The molecule has 3 rings (SSSR count). The van der Waals surface area contributed by atoms with Gasteiger partial charge in [0.15, 0.2) is 17.3 Å². The molecule has 0 saturated heterocycles. The van der Waals surface area contributed by atoms with E-state index in [1.807, 2.05) is 55.5 Å². The van der Waals surface area contributed by atoms with Gasteiger partial charge in [-0.2, -0.15) is 5.10 Å². The SMILES string of the molecule is CCOc1cc(-c2n[nH]c([C@H](N)c3ccccc3)n2)ccc1OC. The third-order valence-corrected chi connectivity index (χ3v) is 3.68. The van der Waals surface area contributed by atoms with Crippen LogP contribution in [0.2, 0.25) is 0 Å². The van der Waals surface area contributed by atoms with Crippen molar-refractivity contribution in [2.24, 2.45) is 5.73 Å². The number of nitrogens with zero attached hydrogens (tertiary/aromatic N) is 2. The molecule has 0 saturated carbocycles. The van der Waals surface area contributed by atoms with E-state index in [1.54, 1.807) is 7.11 Å². The summed E-state index contributed by atoms with van der Waals surface area (Å²) in [5.74, 6) is 2.53. The number of benzene rings is 2. The highest BCUT2D eigenvalue weighted by Gasteiger charge is 2.15. The number of aromatic amines is 1. The van der Waals surface area contributed by atoms with E-state index in [9.17, 15) is 0 Å². The van der Waals surface area contributed by atoms with Crippen LogP contribution in [-0.4, -0.2) is 28.9 Å². The molecule has 0 aliphatic rings. The lowest BCUT2D eigenvalue weighted by atomic mass is 10.1. The molecule has 1 heterocycles. The summed E-state index contributed by atoms with van der Waals surface area (Å²) in [4.78, 5) is 4.53. The average Bonchev–Trinajstić information content (AvgIpc) is 3.12. The van der Waals surface area contributed by atoms with E-state index in [0.29, 0.717) is 29.8 Å². The highest BCUT2D eigenvalue weighted by molar-refractivity contribution is 5.61. The van der Waals surface area contributed by atoms with Gasteiger partial charge in [-0.15, -0.1) is 0 Å². The number of hydrogen-bond donors (Lipinski definition) is 2. The molecule has 0 fully saturated rings. The van der Waals surface area contributed by atoms with Crippen molar-refractivity contribution in [2.45, 2.75) is 13.0 Å². The fourth-order valence-corrected chi connectivity index (χ4v) is 2.44. The lowest BCUT2D eigenvalue weighted by Gasteiger charge is -2.10. The fourth-order valence-electron chi connectivity index (χ4n) is 2.44. The largest absolute Gasteiger partial charge is 0.493 e. The van der Waals surface area contributed by atoms with E-state index >= 15 is 0 Å². The molecular weight excluding hydrogens is 304 g/mol. The number of nitrogens with two attached hydrogens (primary N) is 1. The van der Waals surface area contributed by atoms with Crippen LogP contribution >= 0.6 is 0 Å². The second-order valence-electron chi connectivity index (χ2n) is 5.23. The van der Waals surface area contributed by atoms with Crippen molar-refractivity contribution in [3.05, 3.63) is 59.9 Å². The lowest BCUT2D eigenvalue weighted by molar-refractivity contribution is 0.311. The summed E-state index contributed by atoms with van der Waals surface area (Å²) in [7, 11) is 1.61. The molecule has 0 aliphatic carbocycles. The van der Waals surface area contributed by atoms with Gasteiger partial charge in [-0.25, -0.2) is 4.98 Å². The first-order valence-corrected chi connectivity index (χ1v) is 7.77. The molecule has 24 heavy (non-hydrogen) atoms. The van der Waals surface area contributed by atoms with Crippen LogP contribution in [0.4, 0.5) is 0 Å². The summed E-state index contributed by atoms with van der Waals surface area (Å²) in [5.41, 5.74) is 8.06. The third-order valence-electron chi connectivity index (χ3n) is 3.68. The Morgan fingerprint density at radius 1 is 1.12 bits per heavy atom. The van der Waals surface area contributed by atoms with E-state index in [0.717, 1.165) is 11.1 Å². The van der Waals surface area contributed by atoms with Crippen LogP contribution in [0.25, 0.3) is 11.4 Å². The van der Waals surface area contributed by atoms with Crippen molar-refractivity contribution >= 4 is 0 Å². The second-order valence-corrected chi connectivity index (χ2v) is 5.23. The summed E-state index contributed by atoms with van der Waals surface area (Å²) in [6.07, 6.45) is 0. The first kappa shape index (κ1) is 16.0. The summed E-state index contributed by atoms with van der Waals surface area (Å²) in [6, 6.07) is 15.0. The maximum absolute atomic E-state index is 6.25. The Labute approximate surface area is 140 Å². The highest BCUT2D eigenvalue weighted by Crippen LogP contribution is 2.31. The predicted octanol–water partition coefficient (Wildman–Crippen LogP) is 2.93.